The van der Waals surface area contributed by atoms with Crippen LogP contribution >= 0.6 is 22.9 Å². The van der Waals surface area contributed by atoms with Crippen LogP contribution < -0.4 is 3.11 Å². The molecule has 4 aromatic rings. The summed E-state index contributed by atoms with van der Waals surface area (Å²) in [5, 5.41) is 2.12. The molecule has 1 aliphatic carbocycles. The third kappa shape index (κ3) is 3.79. The highest BCUT2D eigenvalue weighted by Gasteiger charge is 2.30. The summed E-state index contributed by atoms with van der Waals surface area (Å²) in [6.45, 7) is 0. The molecule has 5 rings (SSSR count). The van der Waals surface area contributed by atoms with Gasteiger partial charge in [-0.1, -0.05) is 49.6 Å². The molecule has 1 heterocycles. The van der Waals surface area contributed by atoms with Crippen LogP contribution in [0.4, 0.5) is 24.5 Å². The highest BCUT2D eigenvalue weighted by Crippen LogP contribution is 2.44. The van der Waals surface area contributed by atoms with E-state index in [0.717, 1.165) is 39.8 Å². The van der Waals surface area contributed by atoms with Crippen molar-refractivity contribution in [3.8, 4) is 0 Å². The maximum absolute atomic E-state index is 12.9. The molecule has 0 saturated heterocycles. The van der Waals surface area contributed by atoms with E-state index in [0.29, 0.717) is 11.6 Å². The van der Waals surface area contributed by atoms with Gasteiger partial charge in [-0.2, -0.15) is 13.2 Å². The van der Waals surface area contributed by atoms with Gasteiger partial charge in [-0.05, 0) is 54.7 Å². The lowest BCUT2D eigenvalue weighted by Gasteiger charge is -2.21. The van der Waals surface area contributed by atoms with E-state index in [-0.39, 0.29) is 0 Å². The van der Waals surface area contributed by atoms with Crippen molar-refractivity contribution in [1.82, 2.24) is 0 Å². The van der Waals surface area contributed by atoms with Crippen LogP contribution in [-0.2, 0) is 6.18 Å². The van der Waals surface area contributed by atoms with Gasteiger partial charge < -0.3 is 4.42 Å². The predicted molar refractivity (Wildman–Crippen MR) is 127 cm³/mol. The molecule has 2 nitrogen and oxygen atoms in total. The lowest BCUT2D eigenvalue weighted by Crippen LogP contribution is -2.06. The number of hydrogen-bond donors (Lipinski definition) is 0. The lowest BCUT2D eigenvalue weighted by molar-refractivity contribution is -0.137. The molecule has 31 heavy (non-hydrogen) atoms. The van der Waals surface area contributed by atoms with Crippen molar-refractivity contribution in [3.05, 3.63) is 71.8 Å². The fraction of sp³-hybridized carbons (Fsp3) is 0.280. The summed E-state index contributed by atoms with van der Waals surface area (Å²) >= 11 is 2.12. The molecule has 1 aliphatic rings. The SMILES string of the molecule is FC(F)(F)c1ccc(N(I)c2cccc3c2oc2c(C4CCCCC4)cccc23)cc1. The van der Waals surface area contributed by atoms with Gasteiger partial charge in [0, 0.05) is 10.8 Å². The Kier molecular flexibility index (Phi) is 5.36. The number of para-hydroxylation sites is 2. The molecule has 0 N–H and O–H groups in total. The molecule has 0 radical (unpaired) electrons. The second kappa shape index (κ2) is 8.04. The van der Waals surface area contributed by atoms with E-state index < -0.39 is 11.7 Å². The van der Waals surface area contributed by atoms with Gasteiger partial charge in [0.2, 0.25) is 0 Å². The van der Waals surface area contributed by atoms with E-state index in [4.69, 9.17) is 4.42 Å². The van der Waals surface area contributed by atoms with Gasteiger partial charge >= 0.3 is 6.18 Å². The number of halogens is 4. The minimum atomic E-state index is -4.34. The standard InChI is InChI=1S/C25H21F3INO/c26-25(27,28)17-12-14-18(15-13-17)30(29)22-11-5-10-21-20-9-4-8-19(23(20)31-24(21)22)16-6-2-1-3-7-16/h4-5,8-16H,1-3,6-7H2. The molecule has 0 atom stereocenters. The Morgan fingerprint density at radius 3 is 2.13 bits per heavy atom. The molecule has 0 unspecified atom stereocenters. The number of rotatable bonds is 3. The second-order valence-corrected chi connectivity index (χ2v) is 9.11. The first kappa shape index (κ1) is 20.7. The van der Waals surface area contributed by atoms with E-state index in [1.807, 2.05) is 21.3 Å². The fourth-order valence-electron chi connectivity index (χ4n) is 4.64. The summed E-state index contributed by atoms with van der Waals surface area (Å²) in [7, 11) is 0. The maximum atomic E-state index is 12.9. The van der Waals surface area contributed by atoms with Gasteiger partial charge in [-0.3, -0.25) is 3.11 Å². The van der Waals surface area contributed by atoms with Gasteiger partial charge in [-0.15, -0.1) is 0 Å². The van der Waals surface area contributed by atoms with Crippen molar-refractivity contribution in [2.75, 3.05) is 3.11 Å². The first-order chi connectivity index (χ1) is 14.9. The van der Waals surface area contributed by atoms with Gasteiger partial charge in [0.1, 0.15) is 5.58 Å². The van der Waals surface area contributed by atoms with Gasteiger partial charge in [0.25, 0.3) is 0 Å². The van der Waals surface area contributed by atoms with Crippen LogP contribution in [0.3, 0.4) is 0 Å². The normalized spacial score (nSPS) is 15.6. The van der Waals surface area contributed by atoms with Gasteiger partial charge in [-0.25, -0.2) is 0 Å². The van der Waals surface area contributed by atoms with Crippen LogP contribution in [0.1, 0.15) is 49.1 Å². The summed E-state index contributed by atoms with van der Waals surface area (Å²) in [6.07, 6.45) is 1.83. The van der Waals surface area contributed by atoms with Crippen molar-refractivity contribution in [2.24, 2.45) is 0 Å². The van der Waals surface area contributed by atoms with Crippen molar-refractivity contribution in [3.63, 3.8) is 0 Å². The highest BCUT2D eigenvalue weighted by molar-refractivity contribution is 14.1. The Morgan fingerprint density at radius 1 is 0.806 bits per heavy atom. The monoisotopic (exact) mass is 535 g/mol. The second-order valence-electron chi connectivity index (χ2n) is 8.14. The Bertz CT molecular complexity index is 1220. The average Bonchev–Trinajstić information content (AvgIpc) is 3.18. The summed E-state index contributed by atoms with van der Waals surface area (Å²) in [5.41, 5.74) is 3.80. The van der Waals surface area contributed by atoms with Gasteiger partial charge in [0.05, 0.1) is 39.8 Å². The largest absolute Gasteiger partial charge is 0.454 e. The van der Waals surface area contributed by atoms with Crippen LogP contribution in [0.5, 0.6) is 0 Å². The Hall–Kier alpha value is -2.22. The minimum Gasteiger partial charge on any atom is -0.454 e. The van der Waals surface area contributed by atoms with Crippen LogP contribution in [0.25, 0.3) is 21.9 Å². The third-order valence-electron chi connectivity index (χ3n) is 6.21. The van der Waals surface area contributed by atoms with Crippen LogP contribution in [0.15, 0.2) is 65.1 Å². The van der Waals surface area contributed by atoms with E-state index in [2.05, 4.69) is 41.1 Å². The summed E-state index contributed by atoms with van der Waals surface area (Å²) in [4.78, 5) is 0. The molecule has 0 spiro atoms. The lowest BCUT2D eigenvalue weighted by atomic mass is 9.83. The number of benzene rings is 3. The van der Waals surface area contributed by atoms with E-state index in [1.165, 1.54) is 49.8 Å². The number of nitrogens with zero attached hydrogens (tertiary/aromatic N) is 1. The highest BCUT2D eigenvalue weighted by atomic mass is 127. The van der Waals surface area contributed by atoms with Crippen LogP contribution in [0.2, 0.25) is 0 Å². The molecule has 0 bridgehead atoms. The molecular formula is C25H21F3INO. The number of anilines is 2. The van der Waals surface area contributed by atoms with Crippen LogP contribution in [-0.4, -0.2) is 0 Å². The van der Waals surface area contributed by atoms with E-state index >= 15 is 0 Å². The quantitative estimate of drug-likeness (QED) is 0.192. The molecule has 0 amide bonds. The van der Waals surface area contributed by atoms with Crippen molar-refractivity contribution in [2.45, 2.75) is 44.2 Å². The summed E-state index contributed by atoms with van der Waals surface area (Å²) in [5.74, 6) is 0.520. The molecule has 3 aromatic carbocycles. The molecule has 160 valence electrons. The summed E-state index contributed by atoms with van der Waals surface area (Å²) in [6, 6.07) is 17.5. The smallest absolute Gasteiger partial charge is 0.416 e. The summed E-state index contributed by atoms with van der Waals surface area (Å²) < 4.78 is 47.1. The first-order valence-electron chi connectivity index (χ1n) is 10.5. The zero-order chi connectivity index (χ0) is 21.6. The fourth-order valence-corrected chi connectivity index (χ4v) is 5.34. The Labute approximate surface area is 192 Å². The molecule has 1 aromatic heterocycles. The van der Waals surface area contributed by atoms with E-state index in [1.54, 1.807) is 0 Å². The molecular weight excluding hydrogens is 514 g/mol. The van der Waals surface area contributed by atoms with Crippen molar-refractivity contribution >= 4 is 56.2 Å². The maximum Gasteiger partial charge on any atom is 0.416 e. The first-order valence-corrected chi connectivity index (χ1v) is 11.5. The minimum absolute atomic E-state index is 0.520. The number of hydrogen-bond acceptors (Lipinski definition) is 2. The topological polar surface area (TPSA) is 16.4 Å². The molecule has 6 heteroatoms. The molecule has 1 fully saturated rings. The predicted octanol–water partition coefficient (Wildman–Crippen LogP) is 9.14. The number of alkyl halides is 3. The zero-order valence-corrected chi connectivity index (χ0v) is 18.9. The Balaban J connectivity index is 1.59. The van der Waals surface area contributed by atoms with Crippen molar-refractivity contribution < 1.29 is 17.6 Å². The molecule has 0 aliphatic heterocycles. The zero-order valence-electron chi connectivity index (χ0n) is 16.8. The number of fused-ring (bicyclic) bond motifs is 3. The van der Waals surface area contributed by atoms with Crippen LogP contribution in [0, 0.1) is 0 Å². The average molecular weight is 535 g/mol. The van der Waals surface area contributed by atoms with Gasteiger partial charge in [0.15, 0.2) is 5.58 Å². The Morgan fingerprint density at radius 2 is 1.45 bits per heavy atom. The number of furan rings is 1. The molecule has 1 saturated carbocycles. The van der Waals surface area contributed by atoms with Crippen molar-refractivity contribution in [1.29, 1.82) is 0 Å². The third-order valence-corrected chi connectivity index (χ3v) is 7.29. The van der Waals surface area contributed by atoms with E-state index in [9.17, 15) is 13.2 Å².